The van der Waals surface area contributed by atoms with Gasteiger partial charge >= 0.3 is 5.97 Å². The van der Waals surface area contributed by atoms with Crippen molar-refractivity contribution >= 4 is 28.8 Å². The van der Waals surface area contributed by atoms with Crippen molar-refractivity contribution in [2.24, 2.45) is 0 Å². The maximum atomic E-state index is 12.0. The standard InChI is InChI=1S/C19H21N5O2S.ClH/c1-12-17(7-8-26-19(25)14-3-5-16(20)6-4-14)27-11-24(12)10-15-9-22-13(2)23-18(15)21;/h3-6,9,11H,7-8,10H2,1-2H3,(H3-,20,21,22,23,25);1H. The highest BCUT2D eigenvalue weighted by Crippen LogP contribution is 2.15. The van der Waals surface area contributed by atoms with Gasteiger partial charge in [-0.1, -0.05) is 11.3 Å². The van der Waals surface area contributed by atoms with Gasteiger partial charge in [-0.15, -0.1) is 0 Å². The molecule has 0 aliphatic rings. The lowest BCUT2D eigenvalue weighted by Crippen LogP contribution is -3.00. The van der Waals surface area contributed by atoms with Gasteiger partial charge in [-0.25, -0.2) is 14.8 Å². The Morgan fingerprint density at radius 1 is 1.21 bits per heavy atom. The summed E-state index contributed by atoms with van der Waals surface area (Å²) in [6, 6.07) is 6.69. The first-order valence-electron chi connectivity index (χ1n) is 8.51. The van der Waals surface area contributed by atoms with Crippen molar-refractivity contribution in [3.8, 4) is 0 Å². The summed E-state index contributed by atoms with van der Waals surface area (Å²) >= 11 is 1.63. The molecular formula is C19H22ClN5O2S. The summed E-state index contributed by atoms with van der Waals surface area (Å²) in [5.74, 6) is 0.813. The summed E-state index contributed by atoms with van der Waals surface area (Å²) in [4.78, 5) is 21.6. The van der Waals surface area contributed by atoms with Crippen LogP contribution in [0.25, 0.3) is 0 Å². The second-order valence-electron chi connectivity index (χ2n) is 6.20. The monoisotopic (exact) mass is 419 g/mol. The second kappa shape index (κ2) is 9.48. The molecule has 2 aromatic heterocycles. The second-order valence-corrected chi connectivity index (χ2v) is 7.13. The lowest BCUT2D eigenvalue weighted by molar-refractivity contribution is -0.689. The molecule has 9 heteroatoms. The Morgan fingerprint density at radius 3 is 2.61 bits per heavy atom. The first-order chi connectivity index (χ1) is 12.9. The normalized spacial score (nSPS) is 10.4. The Hall–Kier alpha value is -2.71. The van der Waals surface area contributed by atoms with Gasteiger partial charge in [0.1, 0.15) is 11.6 Å². The summed E-state index contributed by atoms with van der Waals surface area (Å²) in [7, 11) is 0. The van der Waals surface area contributed by atoms with Gasteiger partial charge in [0, 0.05) is 25.2 Å². The lowest BCUT2D eigenvalue weighted by atomic mass is 10.2. The highest BCUT2D eigenvalue weighted by molar-refractivity contribution is 7.09. The quantitative estimate of drug-likeness (QED) is 0.303. The maximum Gasteiger partial charge on any atom is 0.338 e. The topological polar surface area (TPSA) is 108 Å². The van der Waals surface area contributed by atoms with E-state index in [1.807, 2.05) is 19.4 Å². The molecule has 0 spiro atoms. The summed E-state index contributed by atoms with van der Waals surface area (Å²) in [6.45, 7) is 4.78. The molecule has 0 atom stereocenters. The van der Waals surface area contributed by atoms with E-state index in [2.05, 4.69) is 14.5 Å². The van der Waals surface area contributed by atoms with Gasteiger partial charge in [-0.05, 0) is 31.2 Å². The van der Waals surface area contributed by atoms with Gasteiger partial charge in [0.2, 0.25) is 5.51 Å². The van der Waals surface area contributed by atoms with Crippen LogP contribution in [0.3, 0.4) is 0 Å². The number of carbonyl (C=O) groups is 1. The van der Waals surface area contributed by atoms with Crippen molar-refractivity contribution in [3.05, 3.63) is 63.5 Å². The Labute approximate surface area is 173 Å². The Balaban J connectivity index is 0.00000280. The number of hydrogen-bond donors (Lipinski definition) is 2. The molecule has 148 valence electrons. The molecule has 0 aliphatic carbocycles. The minimum Gasteiger partial charge on any atom is -1.00 e. The number of aromatic nitrogens is 3. The highest BCUT2D eigenvalue weighted by atomic mass is 35.5. The Bertz CT molecular complexity index is 959. The summed E-state index contributed by atoms with van der Waals surface area (Å²) in [6.07, 6.45) is 2.42. The summed E-state index contributed by atoms with van der Waals surface area (Å²) in [5, 5.41) is 0. The van der Waals surface area contributed by atoms with Crippen LogP contribution in [0.5, 0.6) is 0 Å². The van der Waals surface area contributed by atoms with Gasteiger partial charge in [0.05, 0.1) is 22.6 Å². The number of ether oxygens (including phenoxy) is 1. The van der Waals surface area contributed by atoms with Crippen molar-refractivity contribution < 1.29 is 26.5 Å². The number of nitrogens with zero attached hydrogens (tertiary/aromatic N) is 3. The van der Waals surface area contributed by atoms with Crippen molar-refractivity contribution in [1.29, 1.82) is 0 Å². The smallest absolute Gasteiger partial charge is 0.338 e. The van der Waals surface area contributed by atoms with Gasteiger partial charge < -0.3 is 28.6 Å². The van der Waals surface area contributed by atoms with E-state index in [4.69, 9.17) is 16.2 Å². The number of carbonyl (C=O) groups excluding carboxylic acids is 1. The van der Waals surface area contributed by atoms with Gasteiger partial charge in [0.15, 0.2) is 12.2 Å². The average Bonchev–Trinajstić information content (AvgIpc) is 2.98. The van der Waals surface area contributed by atoms with Crippen molar-refractivity contribution in [1.82, 2.24) is 9.97 Å². The number of esters is 1. The molecular weight excluding hydrogens is 398 g/mol. The molecule has 0 bridgehead atoms. The number of nitrogen functional groups attached to an aromatic ring is 2. The van der Waals surface area contributed by atoms with E-state index in [1.165, 1.54) is 0 Å². The van der Waals surface area contributed by atoms with Crippen LogP contribution in [0.1, 0.15) is 32.3 Å². The van der Waals surface area contributed by atoms with Crippen molar-refractivity contribution in [2.75, 3.05) is 18.1 Å². The fraction of sp³-hybridized carbons (Fsp3) is 0.263. The van der Waals surface area contributed by atoms with E-state index in [0.717, 1.165) is 16.1 Å². The molecule has 2 heterocycles. The molecule has 4 N–H and O–H groups in total. The van der Waals surface area contributed by atoms with E-state index in [9.17, 15) is 4.79 Å². The number of aryl methyl sites for hydroxylation is 1. The van der Waals surface area contributed by atoms with Crippen LogP contribution in [0, 0.1) is 13.8 Å². The average molecular weight is 420 g/mol. The van der Waals surface area contributed by atoms with E-state index >= 15 is 0 Å². The minimum absolute atomic E-state index is 0. The molecule has 7 nitrogen and oxygen atoms in total. The number of nitrogens with two attached hydrogens (primary N) is 2. The molecule has 0 aliphatic heterocycles. The molecule has 28 heavy (non-hydrogen) atoms. The lowest BCUT2D eigenvalue weighted by Gasteiger charge is -2.04. The molecule has 3 aromatic rings. The third-order valence-electron chi connectivity index (χ3n) is 4.22. The number of hydrogen-bond acceptors (Lipinski definition) is 7. The molecule has 0 radical (unpaired) electrons. The zero-order valence-electron chi connectivity index (χ0n) is 15.7. The Kier molecular flexibility index (Phi) is 7.31. The predicted molar refractivity (Wildman–Crippen MR) is 104 cm³/mol. The third-order valence-corrected chi connectivity index (χ3v) is 5.37. The fourth-order valence-electron chi connectivity index (χ4n) is 2.60. The first-order valence-corrected chi connectivity index (χ1v) is 9.39. The van der Waals surface area contributed by atoms with E-state index < -0.39 is 0 Å². The van der Waals surface area contributed by atoms with Crippen LogP contribution in [0.2, 0.25) is 0 Å². The molecule has 0 amide bonds. The molecule has 0 saturated carbocycles. The molecule has 0 unspecified atom stereocenters. The summed E-state index contributed by atoms with van der Waals surface area (Å²) < 4.78 is 7.47. The van der Waals surface area contributed by atoms with Crippen LogP contribution in [-0.4, -0.2) is 22.5 Å². The highest BCUT2D eigenvalue weighted by Gasteiger charge is 2.18. The zero-order chi connectivity index (χ0) is 19.4. The van der Waals surface area contributed by atoms with E-state index in [0.29, 0.717) is 42.5 Å². The molecule has 0 saturated heterocycles. The molecule has 1 aromatic carbocycles. The van der Waals surface area contributed by atoms with Crippen LogP contribution in [-0.2, 0) is 17.7 Å². The largest absolute Gasteiger partial charge is 1.00 e. The van der Waals surface area contributed by atoms with Crippen LogP contribution in [0.15, 0.2) is 36.0 Å². The predicted octanol–water partition coefficient (Wildman–Crippen LogP) is -0.941. The van der Waals surface area contributed by atoms with Crippen molar-refractivity contribution in [2.45, 2.75) is 26.8 Å². The number of thiazole rings is 1. The number of benzene rings is 1. The number of rotatable bonds is 6. The number of halogens is 1. The van der Waals surface area contributed by atoms with E-state index in [1.54, 1.807) is 41.8 Å². The zero-order valence-corrected chi connectivity index (χ0v) is 17.3. The summed E-state index contributed by atoms with van der Waals surface area (Å²) in [5.41, 5.74) is 16.7. The maximum absolute atomic E-state index is 12.0. The van der Waals surface area contributed by atoms with Crippen LogP contribution >= 0.6 is 11.3 Å². The third kappa shape index (κ3) is 5.17. The van der Waals surface area contributed by atoms with Crippen LogP contribution in [0.4, 0.5) is 11.5 Å². The van der Waals surface area contributed by atoms with Gasteiger partial charge in [0.25, 0.3) is 0 Å². The molecule has 0 fully saturated rings. The fourth-order valence-corrected chi connectivity index (χ4v) is 3.58. The van der Waals surface area contributed by atoms with Crippen LogP contribution < -0.4 is 28.4 Å². The SMILES string of the molecule is Cc1ncc(C[n+]2csc(CCOC(=O)c3ccc(N)cc3)c2C)c(N)n1.[Cl-]. The minimum atomic E-state index is -0.346. The van der Waals surface area contributed by atoms with Crippen molar-refractivity contribution in [3.63, 3.8) is 0 Å². The van der Waals surface area contributed by atoms with E-state index in [-0.39, 0.29) is 18.4 Å². The van der Waals surface area contributed by atoms with Gasteiger partial charge in [-0.2, -0.15) is 4.57 Å². The van der Waals surface area contributed by atoms with Gasteiger partial charge in [-0.3, -0.25) is 0 Å². The number of anilines is 2. The first kappa shape index (κ1) is 21.6. The molecule has 3 rings (SSSR count). The Morgan fingerprint density at radius 2 is 1.93 bits per heavy atom.